The van der Waals surface area contributed by atoms with E-state index in [1.165, 1.54) is 7.11 Å². The highest BCUT2D eigenvalue weighted by Crippen LogP contribution is 1.97. The molecule has 0 aliphatic carbocycles. The molecule has 0 aromatic carbocycles. The summed E-state index contributed by atoms with van der Waals surface area (Å²) in [6.07, 6.45) is 1.15. The van der Waals surface area contributed by atoms with Gasteiger partial charge in [-0.15, -0.1) is 0 Å². The van der Waals surface area contributed by atoms with Gasteiger partial charge >= 0.3 is 5.97 Å². The van der Waals surface area contributed by atoms with E-state index in [9.17, 15) is 4.79 Å². The normalized spacial score (nSPS) is 12.9. The molecule has 0 amide bonds. The summed E-state index contributed by atoms with van der Waals surface area (Å²) in [5, 5.41) is 3.03. The van der Waals surface area contributed by atoms with Crippen LogP contribution in [0.25, 0.3) is 0 Å². The lowest BCUT2D eigenvalue weighted by atomic mass is 10.2. The Kier molecular flexibility index (Phi) is 7.42. The molecule has 0 spiro atoms. The first-order valence-electron chi connectivity index (χ1n) is 5.09. The molecular weight excluding hydrogens is 180 g/mol. The second-order valence-electron chi connectivity index (χ2n) is 3.49. The molecule has 0 saturated heterocycles. The zero-order valence-corrected chi connectivity index (χ0v) is 9.67. The third kappa shape index (κ3) is 5.94. The molecule has 4 nitrogen and oxygen atoms in total. The Morgan fingerprint density at radius 2 is 2.21 bits per heavy atom. The van der Waals surface area contributed by atoms with E-state index in [-0.39, 0.29) is 5.97 Å². The number of methoxy groups -OCH3 is 1. The first-order valence-corrected chi connectivity index (χ1v) is 5.09. The van der Waals surface area contributed by atoms with Gasteiger partial charge in [-0.2, -0.15) is 0 Å². The Balaban J connectivity index is 3.40. The molecule has 0 aliphatic rings. The van der Waals surface area contributed by atoms with Crippen LogP contribution in [0, 0.1) is 0 Å². The first kappa shape index (κ1) is 13.4. The minimum absolute atomic E-state index is 0.212. The van der Waals surface area contributed by atoms with Gasteiger partial charge in [-0.05, 0) is 20.4 Å². The number of esters is 1. The number of carbonyl (C=O) groups excluding carboxylic acids is 1. The molecule has 0 heterocycles. The van der Waals surface area contributed by atoms with E-state index in [1.54, 1.807) is 0 Å². The fraction of sp³-hybridized carbons (Fsp3) is 0.900. The molecule has 0 radical (unpaired) electrons. The summed E-state index contributed by atoms with van der Waals surface area (Å²) >= 11 is 0. The summed E-state index contributed by atoms with van der Waals surface area (Å²) in [6.45, 7) is 6.43. The maximum Gasteiger partial charge on any atom is 0.319 e. The quantitative estimate of drug-likeness (QED) is 0.481. The molecule has 1 unspecified atom stereocenters. The largest absolute Gasteiger partial charge is 0.468 e. The molecule has 0 rings (SSSR count). The molecule has 0 saturated carbocycles. The predicted octanol–water partition coefficient (Wildman–Crippen LogP) is 0.479. The number of likely N-dealkylation sites (N-methyl/N-ethyl adjacent to an activating group) is 1. The number of ether oxygens (including phenoxy) is 1. The SMILES string of the molecule is CCC(C)N(C)CCNCC(=O)OC. The Bertz CT molecular complexity index is 162. The van der Waals surface area contributed by atoms with E-state index < -0.39 is 0 Å². The van der Waals surface area contributed by atoms with Crippen LogP contribution in [-0.4, -0.2) is 50.7 Å². The average molecular weight is 202 g/mol. The van der Waals surface area contributed by atoms with E-state index in [2.05, 4.69) is 35.8 Å². The standard InChI is InChI=1S/C10H22N2O2/c1-5-9(2)12(3)7-6-11-8-10(13)14-4/h9,11H,5-8H2,1-4H3. The zero-order chi connectivity index (χ0) is 11.0. The Morgan fingerprint density at radius 1 is 1.57 bits per heavy atom. The minimum Gasteiger partial charge on any atom is -0.468 e. The summed E-state index contributed by atoms with van der Waals surface area (Å²) in [7, 11) is 3.49. The number of hydrogen-bond acceptors (Lipinski definition) is 4. The van der Waals surface area contributed by atoms with Crippen LogP contribution in [-0.2, 0) is 9.53 Å². The van der Waals surface area contributed by atoms with Gasteiger partial charge in [0.25, 0.3) is 0 Å². The molecule has 84 valence electrons. The van der Waals surface area contributed by atoms with Crippen molar-refractivity contribution in [3.05, 3.63) is 0 Å². The topological polar surface area (TPSA) is 41.6 Å². The smallest absolute Gasteiger partial charge is 0.319 e. The lowest BCUT2D eigenvalue weighted by molar-refractivity contribution is -0.139. The minimum atomic E-state index is -0.212. The average Bonchev–Trinajstić information content (AvgIpc) is 2.22. The Morgan fingerprint density at radius 3 is 2.71 bits per heavy atom. The van der Waals surface area contributed by atoms with Gasteiger partial charge in [0.05, 0.1) is 13.7 Å². The second-order valence-corrected chi connectivity index (χ2v) is 3.49. The van der Waals surface area contributed by atoms with Gasteiger partial charge in [0, 0.05) is 19.1 Å². The summed E-state index contributed by atoms with van der Waals surface area (Å²) in [6, 6.07) is 0.593. The zero-order valence-electron chi connectivity index (χ0n) is 9.67. The van der Waals surface area contributed by atoms with Crippen LogP contribution in [0.15, 0.2) is 0 Å². The molecular formula is C10H22N2O2. The number of hydrogen-bond donors (Lipinski definition) is 1. The Hall–Kier alpha value is -0.610. The van der Waals surface area contributed by atoms with E-state index in [0.717, 1.165) is 19.5 Å². The van der Waals surface area contributed by atoms with Crippen molar-refractivity contribution in [1.82, 2.24) is 10.2 Å². The summed E-state index contributed by atoms with van der Waals surface area (Å²) < 4.78 is 4.51. The number of carbonyl (C=O) groups is 1. The van der Waals surface area contributed by atoms with Gasteiger partial charge in [-0.1, -0.05) is 6.92 Å². The van der Waals surface area contributed by atoms with Gasteiger partial charge < -0.3 is 15.0 Å². The third-order valence-electron chi connectivity index (χ3n) is 2.48. The predicted molar refractivity (Wildman–Crippen MR) is 57.3 cm³/mol. The van der Waals surface area contributed by atoms with Crippen molar-refractivity contribution in [1.29, 1.82) is 0 Å². The van der Waals surface area contributed by atoms with Crippen molar-refractivity contribution in [2.24, 2.45) is 0 Å². The van der Waals surface area contributed by atoms with Crippen LogP contribution in [0.3, 0.4) is 0 Å². The molecule has 4 heteroatoms. The maximum atomic E-state index is 10.7. The van der Waals surface area contributed by atoms with E-state index in [4.69, 9.17) is 0 Å². The maximum absolute atomic E-state index is 10.7. The van der Waals surface area contributed by atoms with E-state index in [0.29, 0.717) is 12.6 Å². The summed E-state index contributed by atoms with van der Waals surface area (Å²) in [4.78, 5) is 13.0. The lowest BCUT2D eigenvalue weighted by Gasteiger charge is -2.23. The third-order valence-corrected chi connectivity index (χ3v) is 2.48. The first-order chi connectivity index (χ1) is 6.61. The molecule has 1 N–H and O–H groups in total. The van der Waals surface area contributed by atoms with Crippen LogP contribution in [0.1, 0.15) is 20.3 Å². The highest BCUT2D eigenvalue weighted by atomic mass is 16.5. The summed E-state index contributed by atoms with van der Waals surface area (Å²) in [5.74, 6) is -0.212. The molecule has 0 bridgehead atoms. The van der Waals surface area contributed by atoms with Crippen LogP contribution in [0.2, 0.25) is 0 Å². The van der Waals surface area contributed by atoms with Gasteiger partial charge in [0.1, 0.15) is 0 Å². The van der Waals surface area contributed by atoms with Crippen molar-refractivity contribution in [3.8, 4) is 0 Å². The molecule has 0 aromatic heterocycles. The van der Waals surface area contributed by atoms with Crippen molar-refractivity contribution in [3.63, 3.8) is 0 Å². The fourth-order valence-electron chi connectivity index (χ4n) is 1.05. The van der Waals surface area contributed by atoms with Crippen LogP contribution >= 0.6 is 0 Å². The van der Waals surface area contributed by atoms with Crippen LogP contribution < -0.4 is 5.32 Å². The van der Waals surface area contributed by atoms with E-state index >= 15 is 0 Å². The number of nitrogens with zero attached hydrogens (tertiary/aromatic N) is 1. The lowest BCUT2D eigenvalue weighted by Crippen LogP contribution is -2.36. The highest BCUT2D eigenvalue weighted by molar-refractivity contribution is 5.71. The van der Waals surface area contributed by atoms with E-state index in [1.807, 2.05) is 0 Å². The van der Waals surface area contributed by atoms with Gasteiger partial charge in [0.2, 0.25) is 0 Å². The molecule has 1 atom stereocenters. The van der Waals surface area contributed by atoms with Gasteiger partial charge in [-0.25, -0.2) is 0 Å². The fourth-order valence-corrected chi connectivity index (χ4v) is 1.05. The van der Waals surface area contributed by atoms with Gasteiger partial charge in [0.15, 0.2) is 0 Å². The molecule has 0 aromatic rings. The van der Waals surface area contributed by atoms with Crippen molar-refractivity contribution in [2.75, 3.05) is 33.8 Å². The number of nitrogens with one attached hydrogen (secondary N) is 1. The second kappa shape index (κ2) is 7.76. The van der Waals surface area contributed by atoms with Gasteiger partial charge in [-0.3, -0.25) is 4.79 Å². The number of rotatable bonds is 7. The van der Waals surface area contributed by atoms with Crippen molar-refractivity contribution in [2.45, 2.75) is 26.3 Å². The van der Waals surface area contributed by atoms with Crippen molar-refractivity contribution >= 4 is 5.97 Å². The summed E-state index contributed by atoms with van der Waals surface area (Å²) in [5.41, 5.74) is 0. The monoisotopic (exact) mass is 202 g/mol. The molecule has 14 heavy (non-hydrogen) atoms. The van der Waals surface area contributed by atoms with Crippen LogP contribution in [0.5, 0.6) is 0 Å². The van der Waals surface area contributed by atoms with Crippen LogP contribution in [0.4, 0.5) is 0 Å². The highest BCUT2D eigenvalue weighted by Gasteiger charge is 2.05. The molecule has 0 fully saturated rings. The Labute approximate surface area is 86.6 Å². The molecule has 0 aliphatic heterocycles. The van der Waals surface area contributed by atoms with Crippen molar-refractivity contribution < 1.29 is 9.53 Å².